The largest absolute Gasteiger partial charge is 0.397 e. The number of hydrogen-bond donors (Lipinski definition) is 1. The molecule has 0 bridgehead atoms. The maximum Gasteiger partial charge on any atom is 0.253 e. The second-order valence-corrected chi connectivity index (χ2v) is 3.04. The number of nitrogens with zero attached hydrogens (tertiary/aromatic N) is 2. The molecule has 102 valence electrons. The number of halogens is 1. The summed E-state index contributed by atoms with van der Waals surface area (Å²) in [5.74, 6) is 0. The van der Waals surface area contributed by atoms with Crippen LogP contribution < -0.4 is 5.73 Å². The number of nitrogens with two attached hydrogens (primary N) is 1. The first kappa shape index (κ1) is 18.7. The maximum atomic E-state index is 10.1. The van der Waals surface area contributed by atoms with Crippen LogP contribution in [0.15, 0.2) is 30.2 Å². The van der Waals surface area contributed by atoms with Crippen LogP contribution in [-0.2, 0) is 6.42 Å². The summed E-state index contributed by atoms with van der Waals surface area (Å²) in [6.07, 6.45) is 2.60. The Labute approximate surface area is 113 Å². The predicted molar refractivity (Wildman–Crippen MR) is 74.9 cm³/mol. The van der Waals surface area contributed by atoms with E-state index in [1.807, 2.05) is 27.7 Å². The van der Waals surface area contributed by atoms with E-state index >= 15 is 0 Å². The summed E-state index contributed by atoms with van der Waals surface area (Å²) in [7, 11) is 0. The molecule has 1 aromatic rings. The zero-order chi connectivity index (χ0) is 14.6. The minimum absolute atomic E-state index is 0.180. The van der Waals surface area contributed by atoms with Crippen LogP contribution in [0.4, 0.5) is 0 Å². The molecule has 5 nitrogen and oxygen atoms in total. The number of hydrogen-bond acceptors (Lipinski definition) is 4. The van der Waals surface area contributed by atoms with Gasteiger partial charge >= 0.3 is 0 Å². The zero-order valence-corrected chi connectivity index (χ0v) is 11.9. The second kappa shape index (κ2) is 11.9. The highest BCUT2D eigenvalue weighted by Gasteiger charge is 2.00. The van der Waals surface area contributed by atoms with Crippen molar-refractivity contribution in [3.05, 3.63) is 51.1 Å². The normalized spacial score (nSPS) is 9.50. The first-order valence-corrected chi connectivity index (χ1v) is 6.16. The summed E-state index contributed by atoms with van der Waals surface area (Å²) in [5.41, 5.74) is 6.37. The van der Waals surface area contributed by atoms with E-state index in [-0.39, 0.29) is 5.70 Å². The van der Waals surface area contributed by atoms with Crippen molar-refractivity contribution < 1.29 is 4.92 Å². The van der Waals surface area contributed by atoms with E-state index in [1.165, 1.54) is 6.20 Å². The summed E-state index contributed by atoms with van der Waals surface area (Å²) < 4.78 is 0. The number of allylic oxidation sites excluding steroid dienone is 1. The highest BCUT2D eigenvalue weighted by Crippen LogP contribution is 2.07. The van der Waals surface area contributed by atoms with Gasteiger partial charge in [-0.05, 0) is 11.6 Å². The molecule has 0 atom stereocenters. The van der Waals surface area contributed by atoms with Gasteiger partial charge in [0.1, 0.15) is 5.15 Å². The van der Waals surface area contributed by atoms with E-state index < -0.39 is 4.92 Å². The quantitative estimate of drug-likeness (QED) is 0.520. The number of rotatable bonds is 3. The highest BCUT2D eigenvalue weighted by atomic mass is 35.5. The van der Waals surface area contributed by atoms with Crippen LogP contribution >= 0.6 is 11.6 Å². The molecule has 6 heteroatoms. The van der Waals surface area contributed by atoms with Gasteiger partial charge in [-0.1, -0.05) is 45.4 Å². The third kappa shape index (κ3) is 9.59. The summed E-state index contributed by atoms with van der Waals surface area (Å²) >= 11 is 5.57. The minimum Gasteiger partial charge on any atom is -0.397 e. The molecule has 18 heavy (non-hydrogen) atoms. The van der Waals surface area contributed by atoms with Crippen molar-refractivity contribution in [2.45, 2.75) is 34.1 Å². The zero-order valence-electron chi connectivity index (χ0n) is 11.2. The molecular weight excluding hydrogens is 254 g/mol. The van der Waals surface area contributed by atoms with E-state index in [4.69, 9.17) is 17.3 Å². The average molecular weight is 274 g/mol. The molecule has 0 unspecified atom stereocenters. The molecule has 2 N–H and O–H groups in total. The fraction of sp³-hybridized carbons (Fsp3) is 0.417. The molecule has 0 saturated carbocycles. The standard InChI is InChI=1S/C8H8ClN3O2.2C2H6/c9-8-2-1-6(4-11-8)3-7(10)5-12(13)14;2*1-2/h1-2,4-5H,3,10H2;2*1-2H3/b7-5+;;. The summed E-state index contributed by atoms with van der Waals surface area (Å²) in [5, 5.41) is 10.4. The lowest BCUT2D eigenvalue weighted by molar-refractivity contribution is -0.403. The topological polar surface area (TPSA) is 82.0 Å². The Morgan fingerprint density at radius 2 is 2.00 bits per heavy atom. The van der Waals surface area contributed by atoms with Crippen molar-refractivity contribution in [1.82, 2.24) is 4.98 Å². The van der Waals surface area contributed by atoms with Crippen molar-refractivity contribution in [3.8, 4) is 0 Å². The molecule has 0 fully saturated rings. The van der Waals surface area contributed by atoms with Gasteiger partial charge in [-0.15, -0.1) is 0 Å². The molecular formula is C12H20ClN3O2. The molecule has 0 amide bonds. The van der Waals surface area contributed by atoms with Crippen molar-refractivity contribution in [1.29, 1.82) is 0 Å². The highest BCUT2D eigenvalue weighted by molar-refractivity contribution is 6.29. The van der Waals surface area contributed by atoms with Crippen LogP contribution in [0.1, 0.15) is 33.3 Å². The Balaban J connectivity index is 0. The van der Waals surface area contributed by atoms with Crippen LogP contribution in [0.25, 0.3) is 0 Å². The second-order valence-electron chi connectivity index (χ2n) is 2.66. The van der Waals surface area contributed by atoms with Gasteiger partial charge in [-0.3, -0.25) is 10.1 Å². The molecule has 1 rings (SSSR count). The third-order valence-corrected chi connectivity index (χ3v) is 1.69. The van der Waals surface area contributed by atoms with Crippen LogP contribution in [0, 0.1) is 10.1 Å². The van der Waals surface area contributed by atoms with Crippen LogP contribution in [0.5, 0.6) is 0 Å². The maximum absolute atomic E-state index is 10.1. The van der Waals surface area contributed by atoms with Gasteiger partial charge in [-0.2, -0.15) is 0 Å². The monoisotopic (exact) mass is 273 g/mol. The molecule has 0 aliphatic heterocycles. The van der Waals surface area contributed by atoms with Gasteiger partial charge in [-0.25, -0.2) is 4.98 Å². The molecule has 0 aliphatic carbocycles. The third-order valence-electron chi connectivity index (χ3n) is 1.47. The van der Waals surface area contributed by atoms with E-state index in [0.29, 0.717) is 11.6 Å². The number of aromatic nitrogens is 1. The van der Waals surface area contributed by atoms with Crippen molar-refractivity contribution in [3.63, 3.8) is 0 Å². The molecule has 1 aromatic heterocycles. The van der Waals surface area contributed by atoms with Gasteiger partial charge < -0.3 is 5.73 Å². The molecule has 0 saturated heterocycles. The predicted octanol–water partition coefficient (Wildman–Crippen LogP) is 3.41. The number of pyridine rings is 1. The smallest absolute Gasteiger partial charge is 0.253 e. The fourth-order valence-electron chi connectivity index (χ4n) is 0.928. The minimum atomic E-state index is -0.585. The van der Waals surface area contributed by atoms with E-state index in [2.05, 4.69) is 4.98 Å². The molecule has 1 heterocycles. The van der Waals surface area contributed by atoms with Gasteiger partial charge in [0.05, 0.1) is 10.6 Å². The van der Waals surface area contributed by atoms with Crippen molar-refractivity contribution >= 4 is 11.6 Å². The Bertz CT molecular complexity index is 364. The van der Waals surface area contributed by atoms with Gasteiger partial charge in [0.2, 0.25) is 0 Å². The summed E-state index contributed by atoms with van der Waals surface area (Å²) in [4.78, 5) is 13.3. The first-order valence-electron chi connectivity index (χ1n) is 5.78. The Hall–Kier alpha value is -1.62. The fourth-order valence-corrected chi connectivity index (χ4v) is 1.04. The SMILES string of the molecule is CC.CC.N/C(=C/[N+](=O)[O-])Cc1ccc(Cl)nc1. The summed E-state index contributed by atoms with van der Waals surface area (Å²) in [6, 6.07) is 3.33. The Kier molecular flexibility index (Phi) is 12.3. The summed E-state index contributed by atoms with van der Waals surface area (Å²) in [6.45, 7) is 8.00. The molecule has 0 aliphatic rings. The first-order chi connectivity index (χ1) is 8.58. The van der Waals surface area contributed by atoms with Crippen molar-refractivity contribution in [2.75, 3.05) is 0 Å². The lowest BCUT2D eigenvalue weighted by Gasteiger charge is -1.98. The molecule has 0 aromatic carbocycles. The number of nitro groups is 1. The van der Waals surface area contributed by atoms with Crippen molar-refractivity contribution in [2.24, 2.45) is 5.73 Å². The Morgan fingerprint density at radius 1 is 1.44 bits per heavy atom. The lowest BCUT2D eigenvalue weighted by Crippen LogP contribution is -2.04. The van der Waals surface area contributed by atoms with E-state index in [0.717, 1.165) is 11.8 Å². The van der Waals surface area contributed by atoms with Gasteiger partial charge in [0.15, 0.2) is 0 Å². The van der Waals surface area contributed by atoms with E-state index in [1.54, 1.807) is 12.1 Å². The van der Waals surface area contributed by atoms with E-state index in [9.17, 15) is 10.1 Å². The lowest BCUT2D eigenvalue weighted by atomic mass is 10.2. The average Bonchev–Trinajstić information content (AvgIpc) is 2.36. The van der Waals surface area contributed by atoms with Gasteiger partial charge in [0, 0.05) is 12.6 Å². The van der Waals surface area contributed by atoms with Crippen LogP contribution in [0.2, 0.25) is 5.15 Å². The van der Waals surface area contributed by atoms with Crippen LogP contribution in [0.3, 0.4) is 0 Å². The molecule has 0 radical (unpaired) electrons. The Morgan fingerprint density at radius 3 is 2.39 bits per heavy atom. The van der Waals surface area contributed by atoms with Crippen LogP contribution in [-0.4, -0.2) is 9.91 Å². The molecule has 0 spiro atoms. The van der Waals surface area contributed by atoms with Gasteiger partial charge in [0.25, 0.3) is 6.20 Å².